The molecule has 6 rings (SSSR count). The normalized spacial score (nSPS) is 23.4. The molecular weight excluding hydrogens is 428 g/mol. The highest BCUT2D eigenvalue weighted by atomic mass is 16.5. The van der Waals surface area contributed by atoms with Crippen molar-refractivity contribution < 1.29 is 19.4 Å². The molecule has 6 heteroatoms. The van der Waals surface area contributed by atoms with Gasteiger partial charge in [-0.05, 0) is 66.7 Å². The molecule has 2 aromatic carbocycles. The van der Waals surface area contributed by atoms with E-state index in [1.807, 2.05) is 17.0 Å². The Hall–Kier alpha value is -3.25. The van der Waals surface area contributed by atoms with Gasteiger partial charge in [0.05, 0.1) is 11.1 Å². The maximum absolute atomic E-state index is 12.7. The third-order valence-electron chi connectivity index (χ3n) is 8.05. The van der Waals surface area contributed by atoms with Gasteiger partial charge in [0.15, 0.2) is 0 Å². The third kappa shape index (κ3) is 3.66. The van der Waals surface area contributed by atoms with Gasteiger partial charge < -0.3 is 14.7 Å². The van der Waals surface area contributed by atoms with E-state index in [1.54, 1.807) is 18.3 Å². The van der Waals surface area contributed by atoms with Crippen LogP contribution >= 0.6 is 0 Å². The molecule has 34 heavy (non-hydrogen) atoms. The summed E-state index contributed by atoms with van der Waals surface area (Å²) < 4.78 is 5.59. The van der Waals surface area contributed by atoms with Crippen LogP contribution in [-0.4, -0.2) is 52.7 Å². The zero-order valence-electron chi connectivity index (χ0n) is 19.1. The number of para-hydroxylation sites is 1. The van der Waals surface area contributed by atoms with E-state index in [-0.39, 0.29) is 17.6 Å². The van der Waals surface area contributed by atoms with Crippen molar-refractivity contribution in [2.45, 2.75) is 44.1 Å². The van der Waals surface area contributed by atoms with Crippen molar-refractivity contribution in [3.05, 3.63) is 65.9 Å². The lowest BCUT2D eigenvalue weighted by Crippen LogP contribution is -2.44. The summed E-state index contributed by atoms with van der Waals surface area (Å²) in [5, 5.41) is 10.2. The van der Waals surface area contributed by atoms with Crippen LogP contribution in [0.2, 0.25) is 0 Å². The van der Waals surface area contributed by atoms with Crippen LogP contribution in [0, 0.1) is 5.41 Å². The third-order valence-corrected chi connectivity index (χ3v) is 8.05. The molecule has 1 amide bonds. The van der Waals surface area contributed by atoms with Crippen LogP contribution in [0.1, 0.15) is 53.9 Å². The Labute approximate surface area is 198 Å². The van der Waals surface area contributed by atoms with Crippen molar-refractivity contribution in [1.29, 1.82) is 0 Å². The van der Waals surface area contributed by atoms with E-state index in [4.69, 9.17) is 4.74 Å². The first kappa shape index (κ1) is 21.3. The lowest BCUT2D eigenvalue weighted by atomic mass is 9.88. The SMILES string of the molecule is O=C(O)c1cccc2cc(-c3ccc([C@H]4CC45CCN(C(=O)C4CCCO4)CC5)cc3)cnc12. The van der Waals surface area contributed by atoms with Crippen molar-refractivity contribution in [1.82, 2.24) is 9.88 Å². The van der Waals surface area contributed by atoms with Gasteiger partial charge in [0.1, 0.15) is 6.10 Å². The van der Waals surface area contributed by atoms with Gasteiger partial charge in [-0.2, -0.15) is 0 Å². The number of hydrogen-bond acceptors (Lipinski definition) is 4. The fraction of sp³-hybridized carbons (Fsp3) is 0.393. The van der Waals surface area contributed by atoms with Crippen LogP contribution in [0.15, 0.2) is 54.7 Å². The van der Waals surface area contributed by atoms with Crippen molar-refractivity contribution in [2.24, 2.45) is 5.41 Å². The molecule has 0 bridgehead atoms. The number of ether oxygens (including phenoxy) is 1. The number of carboxylic acid groups (broad SMARTS) is 1. The van der Waals surface area contributed by atoms with Crippen molar-refractivity contribution in [3.8, 4) is 11.1 Å². The number of piperidine rings is 1. The zero-order chi connectivity index (χ0) is 23.3. The Balaban J connectivity index is 1.14. The summed E-state index contributed by atoms with van der Waals surface area (Å²) in [6.07, 6.45) is 6.73. The number of aromatic carboxylic acids is 1. The highest BCUT2D eigenvalue weighted by Crippen LogP contribution is 2.65. The summed E-state index contributed by atoms with van der Waals surface area (Å²) in [5.41, 5.74) is 4.50. The standard InChI is InChI=1S/C28H28N2O4/c31-26(24-5-2-14-34-24)30-12-10-28(11-13-30)16-23(28)19-8-6-18(7-9-19)21-15-20-3-1-4-22(27(32)33)25(20)29-17-21/h1,3-4,6-9,15,17,23-24H,2,5,10-14,16H2,(H,32,33)/t23-,24?/m1/s1. The number of likely N-dealkylation sites (tertiary alicyclic amines) is 1. The predicted molar refractivity (Wildman–Crippen MR) is 129 cm³/mol. The van der Waals surface area contributed by atoms with Crippen LogP contribution in [0.25, 0.3) is 22.0 Å². The largest absolute Gasteiger partial charge is 0.478 e. The molecule has 174 valence electrons. The maximum Gasteiger partial charge on any atom is 0.337 e. The van der Waals surface area contributed by atoms with Crippen LogP contribution in [0.3, 0.4) is 0 Å². The number of carboxylic acids is 1. The number of amides is 1. The topological polar surface area (TPSA) is 79.7 Å². The summed E-state index contributed by atoms with van der Waals surface area (Å²) >= 11 is 0. The van der Waals surface area contributed by atoms with E-state index >= 15 is 0 Å². The summed E-state index contributed by atoms with van der Waals surface area (Å²) in [5.74, 6) is -0.210. The summed E-state index contributed by atoms with van der Waals surface area (Å²) in [4.78, 5) is 30.6. The van der Waals surface area contributed by atoms with Gasteiger partial charge in [0.25, 0.3) is 5.91 Å². The van der Waals surface area contributed by atoms with Gasteiger partial charge in [-0.25, -0.2) is 4.79 Å². The first-order chi connectivity index (χ1) is 16.5. The number of carbonyl (C=O) groups excluding carboxylic acids is 1. The number of benzene rings is 2. The van der Waals surface area contributed by atoms with E-state index in [0.29, 0.717) is 23.5 Å². The second-order valence-corrected chi connectivity index (χ2v) is 9.97. The van der Waals surface area contributed by atoms with Crippen molar-refractivity contribution >= 4 is 22.8 Å². The van der Waals surface area contributed by atoms with Crippen LogP contribution < -0.4 is 0 Å². The highest BCUT2D eigenvalue weighted by molar-refractivity contribution is 6.02. The van der Waals surface area contributed by atoms with Crippen molar-refractivity contribution in [2.75, 3.05) is 19.7 Å². The Morgan fingerprint density at radius 2 is 1.85 bits per heavy atom. The molecule has 1 saturated carbocycles. The molecular formula is C28H28N2O4. The smallest absolute Gasteiger partial charge is 0.337 e. The fourth-order valence-electron chi connectivity index (χ4n) is 5.92. The Morgan fingerprint density at radius 3 is 2.56 bits per heavy atom. The number of pyridine rings is 1. The molecule has 2 aliphatic heterocycles. The van der Waals surface area contributed by atoms with Crippen LogP contribution in [0.5, 0.6) is 0 Å². The Bertz CT molecular complexity index is 1260. The molecule has 3 heterocycles. The minimum atomic E-state index is -0.962. The summed E-state index contributed by atoms with van der Waals surface area (Å²) in [7, 11) is 0. The van der Waals surface area contributed by atoms with E-state index < -0.39 is 5.97 Å². The lowest BCUT2D eigenvalue weighted by molar-refractivity contribution is -0.142. The van der Waals surface area contributed by atoms with E-state index in [9.17, 15) is 14.7 Å². The number of rotatable bonds is 4. The molecule has 0 radical (unpaired) electrons. The molecule has 2 atom stereocenters. The minimum Gasteiger partial charge on any atom is -0.478 e. The Kier molecular flexibility index (Phi) is 5.14. The molecule has 3 aromatic rings. The zero-order valence-corrected chi connectivity index (χ0v) is 19.1. The monoisotopic (exact) mass is 456 g/mol. The Morgan fingerprint density at radius 1 is 1.06 bits per heavy atom. The van der Waals surface area contributed by atoms with E-state index in [1.165, 1.54) is 12.0 Å². The number of aromatic nitrogens is 1. The first-order valence-electron chi connectivity index (χ1n) is 12.2. The number of carbonyl (C=O) groups is 2. The molecule has 1 unspecified atom stereocenters. The van der Waals surface area contributed by atoms with Gasteiger partial charge in [0.2, 0.25) is 0 Å². The summed E-state index contributed by atoms with van der Waals surface area (Å²) in [6, 6.07) is 16.0. The molecule has 2 saturated heterocycles. The van der Waals surface area contributed by atoms with Crippen LogP contribution in [-0.2, 0) is 9.53 Å². The molecule has 3 fully saturated rings. The fourth-order valence-corrected chi connectivity index (χ4v) is 5.92. The summed E-state index contributed by atoms with van der Waals surface area (Å²) in [6.45, 7) is 2.40. The number of nitrogens with zero attached hydrogens (tertiary/aromatic N) is 2. The van der Waals surface area contributed by atoms with Gasteiger partial charge in [0, 0.05) is 36.8 Å². The van der Waals surface area contributed by atoms with Gasteiger partial charge >= 0.3 is 5.97 Å². The minimum absolute atomic E-state index is 0.188. The second-order valence-electron chi connectivity index (χ2n) is 9.97. The molecule has 1 spiro atoms. The predicted octanol–water partition coefficient (Wildman–Crippen LogP) is 4.88. The van der Waals surface area contributed by atoms with Gasteiger partial charge in [-0.15, -0.1) is 0 Å². The highest BCUT2D eigenvalue weighted by Gasteiger charge is 2.55. The molecule has 1 aliphatic carbocycles. The lowest BCUT2D eigenvalue weighted by Gasteiger charge is -2.34. The van der Waals surface area contributed by atoms with Crippen molar-refractivity contribution in [3.63, 3.8) is 0 Å². The van der Waals surface area contributed by atoms with E-state index in [0.717, 1.165) is 55.3 Å². The number of fused-ring (bicyclic) bond motifs is 1. The molecule has 6 nitrogen and oxygen atoms in total. The first-order valence-corrected chi connectivity index (χ1v) is 12.2. The van der Waals surface area contributed by atoms with Crippen LogP contribution in [0.4, 0.5) is 0 Å². The second kappa shape index (κ2) is 8.20. The van der Waals surface area contributed by atoms with Gasteiger partial charge in [-0.3, -0.25) is 9.78 Å². The quantitative estimate of drug-likeness (QED) is 0.606. The molecule has 1 N–H and O–H groups in total. The average Bonchev–Trinajstić information content (AvgIpc) is 3.28. The molecule has 1 aromatic heterocycles. The number of hydrogen-bond donors (Lipinski definition) is 1. The average molecular weight is 457 g/mol. The molecule has 3 aliphatic rings. The van der Waals surface area contributed by atoms with E-state index in [2.05, 4.69) is 29.2 Å². The van der Waals surface area contributed by atoms with Gasteiger partial charge in [-0.1, -0.05) is 36.4 Å². The maximum atomic E-state index is 12.7.